The number of aromatic nitrogens is 2. The summed E-state index contributed by atoms with van der Waals surface area (Å²) in [6, 6.07) is 0. The third-order valence-corrected chi connectivity index (χ3v) is 2.53. The Hall–Kier alpha value is -1.01. The Labute approximate surface area is 72.5 Å². The molecule has 6 heteroatoms. The van der Waals surface area contributed by atoms with Gasteiger partial charge in [0.25, 0.3) is 5.91 Å². The Morgan fingerprint density at radius 3 is 3.00 bits per heavy atom. The van der Waals surface area contributed by atoms with E-state index in [9.17, 15) is 4.79 Å². The van der Waals surface area contributed by atoms with Crippen LogP contribution in [0, 0.1) is 0 Å². The summed E-state index contributed by atoms with van der Waals surface area (Å²) in [5.74, 6) is -0.122. The molecule has 5 nitrogen and oxygen atoms in total. The first-order valence-corrected chi connectivity index (χ1v) is 4.37. The van der Waals surface area contributed by atoms with E-state index in [2.05, 4.69) is 9.59 Å². The monoisotopic (exact) mass is 185 g/mol. The van der Waals surface area contributed by atoms with Gasteiger partial charge in [-0.2, -0.15) is 0 Å². The van der Waals surface area contributed by atoms with Crippen LogP contribution in [0.25, 0.3) is 0 Å². The van der Waals surface area contributed by atoms with E-state index in [0.29, 0.717) is 10.8 Å². The first-order chi connectivity index (χ1) is 5.83. The van der Waals surface area contributed by atoms with Crippen molar-refractivity contribution in [2.75, 3.05) is 0 Å². The van der Waals surface area contributed by atoms with Crippen LogP contribution in [0.2, 0.25) is 0 Å². The first-order valence-electron chi connectivity index (χ1n) is 3.59. The van der Waals surface area contributed by atoms with Gasteiger partial charge in [-0.1, -0.05) is 4.49 Å². The number of nitrogens with zero attached hydrogens (tertiary/aromatic N) is 2. The molecule has 1 aromatic heterocycles. The van der Waals surface area contributed by atoms with Crippen LogP contribution in [-0.2, 0) is 0 Å². The van der Waals surface area contributed by atoms with Crippen molar-refractivity contribution in [3.8, 4) is 0 Å². The van der Waals surface area contributed by atoms with Gasteiger partial charge in [-0.25, -0.2) is 5.48 Å². The van der Waals surface area contributed by atoms with Crippen molar-refractivity contribution in [1.82, 2.24) is 15.1 Å². The summed E-state index contributed by atoms with van der Waals surface area (Å²) in [7, 11) is 0. The van der Waals surface area contributed by atoms with Crippen molar-refractivity contribution in [2.24, 2.45) is 0 Å². The van der Waals surface area contributed by atoms with Gasteiger partial charge in [0.05, 0.1) is 5.69 Å². The quantitative estimate of drug-likeness (QED) is 0.520. The molecule has 1 aliphatic rings. The highest BCUT2D eigenvalue weighted by Gasteiger charge is 2.31. The molecule has 1 aliphatic carbocycles. The molecule has 0 bridgehead atoms. The van der Waals surface area contributed by atoms with E-state index < -0.39 is 5.91 Å². The second-order valence-corrected chi connectivity index (χ2v) is 3.46. The summed E-state index contributed by atoms with van der Waals surface area (Å²) in [6.45, 7) is 0. The molecule has 1 fully saturated rings. The van der Waals surface area contributed by atoms with Gasteiger partial charge in [-0.05, 0) is 24.4 Å². The smallest absolute Gasteiger partial charge is 0.288 e. The van der Waals surface area contributed by atoms with E-state index in [1.165, 1.54) is 0 Å². The van der Waals surface area contributed by atoms with E-state index >= 15 is 0 Å². The molecule has 2 rings (SSSR count). The number of nitrogens with one attached hydrogen (secondary N) is 1. The second kappa shape index (κ2) is 2.80. The Bertz CT molecular complexity index is 307. The van der Waals surface area contributed by atoms with Crippen molar-refractivity contribution < 1.29 is 10.0 Å². The molecule has 0 aromatic carbocycles. The first kappa shape index (κ1) is 7.63. The number of hydrogen-bond donors (Lipinski definition) is 2. The minimum absolute atomic E-state index is 0.385. The van der Waals surface area contributed by atoms with Crippen LogP contribution in [0.4, 0.5) is 0 Å². The Kier molecular flexibility index (Phi) is 1.78. The highest BCUT2D eigenvalue weighted by atomic mass is 32.1. The average molecular weight is 185 g/mol. The van der Waals surface area contributed by atoms with Crippen molar-refractivity contribution in [3.05, 3.63) is 10.6 Å². The molecule has 0 spiro atoms. The fourth-order valence-corrected chi connectivity index (χ4v) is 1.67. The molecule has 0 radical (unpaired) electrons. The van der Waals surface area contributed by atoms with Crippen LogP contribution in [0.15, 0.2) is 0 Å². The summed E-state index contributed by atoms with van der Waals surface area (Å²) in [5.41, 5.74) is 2.31. The van der Waals surface area contributed by atoms with Gasteiger partial charge < -0.3 is 0 Å². The van der Waals surface area contributed by atoms with Crippen LogP contribution < -0.4 is 5.48 Å². The maximum absolute atomic E-state index is 11.0. The maximum Gasteiger partial charge on any atom is 0.288 e. The predicted molar refractivity (Wildman–Crippen MR) is 41.1 cm³/mol. The molecule has 0 unspecified atom stereocenters. The third kappa shape index (κ3) is 1.19. The normalized spacial score (nSPS) is 16.1. The molecule has 1 aromatic rings. The topological polar surface area (TPSA) is 75.1 Å². The summed E-state index contributed by atoms with van der Waals surface area (Å²) in [6.07, 6.45) is 2.13. The molecule has 12 heavy (non-hydrogen) atoms. The van der Waals surface area contributed by atoms with Gasteiger partial charge in [-0.3, -0.25) is 10.0 Å². The Morgan fingerprint density at radius 2 is 2.42 bits per heavy atom. The summed E-state index contributed by atoms with van der Waals surface area (Å²) >= 11 is 1.02. The lowest BCUT2D eigenvalue weighted by atomic mass is 10.2. The minimum Gasteiger partial charge on any atom is -0.288 e. The zero-order chi connectivity index (χ0) is 8.55. The Balaban J connectivity index is 2.29. The van der Waals surface area contributed by atoms with Crippen LogP contribution >= 0.6 is 11.5 Å². The predicted octanol–water partition coefficient (Wildman–Crippen LogP) is 0.535. The number of hydrogen-bond acceptors (Lipinski definition) is 5. The molecule has 1 saturated carbocycles. The van der Waals surface area contributed by atoms with E-state index in [-0.39, 0.29) is 0 Å². The number of carbonyl (C=O) groups is 1. The molecule has 2 N–H and O–H groups in total. The maximum atomic E-state index is 11.0. The van der Waals surface area contributed by atoms with E-state index in [4.69, 9.17) is 5.21 Å². The van der Waals surface area contributed by atoms with E-state index in [1.54, 1.807) is 5.48 Å². The van der Waals surface area contributed by atoms with Crippen molar-refractivity contribution in [3.63, 3.8) is 0 Å². The zero-order valence-electron chi connectivity index (χ0n) is 6.15. The Morgan fingerprint density at radius 1 is 1.67 bits per heavy atom. The largest absolute Gasteiger partial charge is 0.288 e. The standard InChI is InChI=1S/C6H7N3O2S/c10-6(8-11)5-4(3-1-2-3)7-9-12-5/h3,11H,1-2H2,(H,8,10). The highest BCUT2D eigenvalue weighted by Crippen LogP contribution is 2.41. The van der Waals surface area contributed by atoms with Crippen molar-refractivity contribution in [2.45, 2.75) is 18.8 Å². The molecule has 0 aliphatic heterocycles. The van der Waals surface area contributed by atoms with Crippen LogP contribution in [0.5, 0.6) is 0 Å². The van der Waals surface area contributed by atoms with Crippen molar-refractivity contribution >= 4 is 17.4 Å². The molecule has 0 atom stereocenters. The molecular formula is C6H7N3O2S. The lowest BCUT2D eigenvalue weighted by Gasteiger charge is -1.94. The fraction of sp³-hybridized carbons (Fsp3) is 0.500. The summed E-state index contributed by atoms with van der Waals surface area (Å²) in [5, 5.41) is 12.2. The highest BCUT2D eigenvalue weighted by molar-refractivity contribution is 7.08. The third-order valence-electron chi connectivity index (χ3n) is 1.79. The molecule has 0 saturated heterocycles. The van der Waals surface area contributed by atoms with Gasteiger partial charge in [0.2, 0.25) is 0 Å². The van der Waals surface area contributed by atoms with Gasteiger partial charge in [-0.15, -0.1) is 5.10 Å². The number of hydroxylamine groups is 1. The molecule has 1 heterocycles. The van der Waals surface area contributed by atoms with Crippen molar-refractivity contribution in [1.29, 1.82) is 0 Å². The van der Waals surface area contributed by atoms with Gasteiger partial charge in [0.1, 0.15) is 4.88 Å². The second-order valence-electron chi connectivity index (χ2n) is 2.70. The molecule has 1 amide bonds. The zero-order valence-corrected chi connectivity index (χ0v) is 6.97. The minimum atomic E-state index is -0.507. The van der Waals surface area contributed by atoms with Crippen LogP contribution in [0.1, 0.15) is 34.1 Å². The number of carbonyl (C=O) groups excluding carboxylic acids is 1. The van der Waals surface area contributed by atoms with E-state index in [1.807, 2.05) is 0 Å². The van der Waals surface area contributed by atoms with E-state index in [0.717, 1.165) is 30.1 Å². The molecular weight excluding hydrogens is 178 g/mol. The van der Waals surface area contributed by atoms with Crippen LogP contribution in [0.3, 0.4) is 0 Å². The van der Waals surface area contributed by atoms with Gasteiger partial charge in [0.15, 0.2) is 0 Å². The lowest BCUT2D eigenvalue weighted by molar-refractivity contribution is 0.0709. The summed E-state index contributed by atoms with van der Waals surface area (Å²) in [4.78, 5) is 11.4. The average Bonchev–Trinajstić information content (AvgIpc) is 2.83. The molecule has 64 valence electrons. The summed E-state index contributed by atoms with van der Waals surface area (Å²) < 4.78 is 3.67. The van der Waals surface area contributed by atoms with Gasteiger partial charge in [0, 0.05) is 5.92 Å². The van der Waals surface area contributed by atoms with Gasteiger partial charge >= 0.3 is 0 Å². The SMILES string of the molecule is O=C(NO)c1snnc1C1CC1. The lowest BCUT2D eigenvalue weighted by Crippen LogP contribution is -2.18. The fourth-order valence-electron chi connectivity index (χ4n) is 1.03. The number of amides is 1. The van der Waals surface area contributed by atoms with Crippen LogP contribution in [-0.4, -0.2) is 20.7 Å². The number of rotatable bonds is 2.